The van der Waals surface area contributed by atoms with Crippen LogP contribution in [0.5, 0.6) is 0 Å². The van der Waals surface area contributed by atoms with E-state index in [2.05, 4.69) is 4.98 Å². The van der Waals surface area contributed by atoms with Crippen molar-refractivity contribution in [1.82, 2.24) is 9.55 Å². The van der Waals surface area contributed by atoms with Crippen LogP contribution in [-0.4, -0.2) is 9.55 Å². The van der Waals surface area contributed by atoms with Crippen LogP contribution in [0.25, 0.3) is 11.3 Å². The Labute approximate surface area is 110 Å². The number of imidazole rings is 1. The maximum Gasteiger partial charge on any atom is 0.151 e. The van der Waals surface area contributed by atoms with Crippen LogP contribution in [0.4, 0.5) is 10.2 Å². The predicted molar refractivity (Wildman–Crippen MR) is 72.1 cm³/mol. The third-order valence-electron chi connectivity index (χ3n) is 2.93. The summed E-state index contributed by atoms with van der Waals surface area (Å²) in [6, 6.07) is 4.84. The predicted octanol–water partition coefficient (Wildman–Crippen LogP) is 3.51. The Hall–Kier alpha value is -1.55. The van der Waals surface area contributed by atoms with Crippen LogP contribution in [0, 0.1) is 5.82 Å². The van der Waals surface area contributed by atoms with E-state index in [1.807, 2.05) is 18.4 Å². The summed E-state index contributed by atoms with van der Waals surface area (Å²) < 4.78 is 15.9. The van der Waals surface area contributed by atoms with Gasteiger partial charge in [-0.2, -0.15) is 0 Å². The van der Waals surface area contributed by atoms with Crippen LogP contribution < -0.4 is 5.73 Å². The molecule has 96 valence electrons. The zero-order chi connectivity index (χ0) is 13.3. The molecule has 0 fully saturated rings. The summed E-state index contributed by atoms with van der Waals surface area (Å²) in [5.74, 6) is 0.856. The van der Waals surface area contributed by atoms with Crippen LogP contribution in [0.2, 0.25) is 5.02 Å². The molecular formula is C13H15ClFN3. The SMILES string of the molecule is CCc1nc(-c2cccc(Cl)c2F)c(N)n1CC. The van der Waals surface area contributed by atoms with E-state index < -0.39 is 5.82 Å². The molecule has 2 N–H and O–H groups in total. The minimum Gasteiger partial charge on any atom is -0.383 e. The number of aryl methyl sites for hydroxylation is 1. The summed E-state index contributed by atoms with van der Waals surface area (Å²) in [5, 5.41) is 0.0796. The first-order valence-corrected chi connectivity index (χ1v) is 6.27. The van der Waals surface area contributed by atoms with Crippen molar-refractivity contribution in [3.8, 4) is 11.3 Å². The van der Waals surface area contributed by atoms with Gasteiger partial charge in [-0.25, -0.2) is 9.37 Å². The summed E-state index contributed by atoms with van der Waals surface area (Å²) in [7, 11) is 0. The summed E-state index contributed by atoms with van der Waals surface area (Å²) in [5.41, 5.74) is 6.85. The lowest BCUT2D eigenvalue weighted by atomic mass is 10.1. The highest BCUT2D eigenvalue weighted by molar-refractivity contribution is 6.31. The number of benzene rings is 1. The molecule has 0 saturated heterocycles. The molecule has 0 aliphatic carbocycles. The van der Waals surface area contributed by atoms with E-state index in [0.717, 1.165) is 12.2 Å². The lowest BCUT2D eigenvalue weighted by Gasteiger charge is -2.05. The van der Waals surface area contributed by atoms with E-state index in [1.165, 1.54) is 6.07 Å². The molecule has 1 aromatic heterocycles. The number of hydrogen-bond donors (Lipinski definition) is 1. The van der Waals surface area contributed by atoms with Gasteiger partial charge in [0.05, 0.1) is 5.02 Å². The van der Waals surface area contributed by atoms with Crippen LogP contribution in [0.1, 0.15) is 19.7 Å². The molecule has 1 aromatic carbocycles. The Morgan fingerprint density at radius 3 is 2.67 bits per heavy atom. The van der Waals surface area contributed by atoms with Gasteiger partial charge in [0.25, 0.3) is 0 Å². The van der Waals surface area contributed by atoms with Gasteiger partial charge in [0, 0.05) is 18.5 Å². The van der Waals surface area contributed by atoms with Gasteiger partial charge in [0.1, 0.15) is 17.3 Å². The molecular weight excluding hydrogens is 253 g/mol. The molecule has 2 aromatic rings. The Morgan fingerprint density at radius 2 is 2.11 bits per heavy atom. The van der Waals surface area contributed by atoms with Gasteiger partial charge in [0.15, 0.2) is 5.82 Å². The fourth-order valence-electron chi connectivity index (χ4n) is 2.02. The fourth-order valence-corrected chi connectivity index (χ4v) is 2.20. The first kappa shape index (κ1) is 12.9. The minimum absolute atomic E-state index is 0.0796. The molecule has 0 unspecified atom stereocenters. The first-order chi connectivity index (χ1) is 8.60. The number of nitrogens with zero attached hydrogens (tertiary/aromatic N) is 2. The first-order valence-electron chi connectivity index (χ1n) is 5.89. The zero-order valence-electron chi connectivity index (χ0n) is 10.4. The third kappa shape index (κ3) is 1.97. The normalized spacial score (nSPS) is 10.9. The van der Waals surface area contributed by atoms with Gasteiger partial charge in [-0.05, 0) is 19.1 Å². The number of hydrogen-bond acceptors (Lipinski definition) is 2. The Kier molecular flexibility index (Phi) is 3.57. The van der Waals surface area contributed by atoms with Crippen LogP contribution in [-0.2, 0) is 13.0 Å². The summed E-state index contributed by atoms with van der Waals surface area (Å²) in [6.07, 6.45) is 0.750. The highest BCUT2D eigenvalue weighted by Crippen LogP contribution is 2.31. The van der Waals surface area contributed by atoms with Crippen molar-refractivity contribution in [3.63, 3.8) is 0 Å². The quantitative estimate of drug-likeness (QED) is 0.925. The standard InChI is InChI=1S/C13H15ClFN3/c1-3-10-17-12(13(16)18(10)4-2)8-6-5-7-9(14)11(8)15/h5-7H,3-4,16H2,1-2H3. The highest BCUT2D eigenvalue weighted by Gasteiger charge is 2.18. The van der Waals surface area contributed by atoms with Crippen LogP contribution in [0.15, 0.2) is 18.2 Å². The summed E-state index contributed by atoms with van der Waals surface area (Å²) in [4.78, 5) is 4.41. The molecule has 0 aliphatic heterocycles. The van der Waals surface area contributed by atoms with Crippen molar-refractivity contribution in [2.24, 2.45) is 0 Å². The minimum atomic E-state index is -0.478. The zero-order valence-corrected chi connectivity index (χ0v) is 11.1. The average molecular weight is 268 g/mol. The van der Waals surface area contributed by atoms with Gasteiger partial charge in [-0.1, -0.05) is 24.6 Å². The second-order valence-electron chi connectivity index (χ2n) is 3.96. The van der Waals surface area contributed by atoms with Crippen LogP contribution >= 0.6 is 11.6 Å². The van der Waals surface area contributed by atoms with E-state index >= 15 is 0 Å². The van der Waals surface area contributed by atoms with E-state index in [9.17, 15) is 4.39 Å². The topological polar surface area (TPSA) is 43.8 Å². The Morgan fingerprint density at radius 1 is 1.39 bits per heavy atom. The monoisotopic (exact) mass is 267 g/mol. The molecule has 1 heterocycles. The molecule has 0 radical (unpaired) electrons. The number of halogens is 2. The van der Waals surface area contributed by atoms with Crippen molar-refractivity contribution in [3.05, 3.63) is 34.9 Å². The van der Waals surface area contributed by atoms with Crippen molar-refractivity contribution >= 4 is 17.4 Å². The second kappa shape index (κ2) is 4.98. The average Bonchev–Trinajstić information content (AvgIpc) is 2.69. The molecule has 5 heteroatoms. The molecule has 0 spiro atoms. The lowest BCUT2D eigenvalue weighted by Crippen LogP contribution is -2.04. The molecule has 0 amide bonds. The van der Waals surface area contributed by atoms with E-state index in [-0.39, 0.29) is 5.02 Å². The lowest BCUT2D eigenvalue weighted by molar-refractivity contribution is 0.631. The molecule has 18 heavy (non-hydrogen) atoms. The van der Waals surface area contributed by atoms with Gasteiger partial charge in [-0.3, -0.25) is 0 Å². The third-order valence-corrected chi connectivity index (χ3v) is 3.22. The van der Waals surface area contributed by atoms with Gasteiger partial charge < -0.3 is 10.3 Å². The number of rotatable bonds is 3. The number of anilines is 1. The van der Waals surface area contributed by atoms with Gasteiger partial charge in [-0.15, -0.1) is 0 Å². The molecule has 2 rings (SSSR count). The molecule has 3 nitrogen and oxygen atoms in total. The fraction of sp³-hybridized carbons (Fsp3) is 0.308. The number of aromatic nitrogens is 2. The summed E-state index contributed by atoms with van der Waals surface area (Å²) >= 11 is 5.78. The van der Waals surface area contributed by atoms with E-state index in [0.29, 0.717) is 23.6 Å². The van der Waals surface area contributed by atoms with Crippen molar-refractivity contribution < 1.29 is 4.39 Å². The Bertz CT molecular complexity index is 578. The maximum absolute atomic E-state index is 14.0. The molecule has 0 saturated carbocycles. The second-order valence-corrected chi connectivity index (χ2v) is 4.37. The van der Waals surface area contributed by atoms with E-state index in [1.54, 1.807) is 12.1 Å². The van der Waals surface area contributed by atoms with Crippen molar-refractivity contribution in [2.75, 3.05) is 5.73 Å². The molecule has 0 aliphatic rings. The van der Waals surface area contributed by atoms with Gasteiger partial charge >= 0.3 is 0 Å². The summed E-state index contributed by atoms with van der Waals surface area (Å²) in [6.45, 7) is 4.69. The highest BCUT2D eigenvalue weighted by atomic mass is 35.5. The molecule has 0 bridgehead atoms. The van der Waals surface area contributed by atoms with Gasteiger partial charge in [0.2, 0.25) is 0 Å². The van der Waals surface area contributed by atoms with E-state index in [4.69, 9.17) is 17.3 Å². The van der Waals surface area contributed by atoms with Crippen molar-refractivity contribution in [1.29, 1.82) is 0 Å². The maximum atomic E-state index is 14.0. The Balaban J connectivity index is 2.64. The largest absolute Gasteiger partial charge is 0.383 e. The van der Waals surface area contributed by atoms with Crippen LogP contribution in [0.3, 0.4) is 0 Å². The molecule has 0 atom stereocenters. The smallest absolute Gasteiger partial charge is 0.151 e. The van der Waals surface area contributed by atoms with Crippen molar-refractivity contribution in [2.45, 2.75) is 26.8 Å². The number of nitrogen functional groups attached to an aromatic ring is 1. The number of nitrogens with two attached hydrogens (primary N) is 1.